The summed E-state index contributed by atoms with van der Waals surface area (Å²) in [4.78, 5) is 31.6. The summed E-state index contributed by atoms with van der Waals surface area (Å²) in [6.45, 7) is 3.70. The number of pyridine rings is 1. The molecular formula is C28H29F2N3O2. The van der Waals surface area contributed by atoms with E-state index in [9.17, 15) is 18.4 Å². The molecule has 1 aliphatic heterocycles. The van der Waals surface area contributed by atoms with Crippen molar-refractivity contribution in [1.29, 1.82) is 0 Å². The number of nitrogens with one attached hydrogen (secondary N) is 1. The molecule has 7 heteroatoms. The van der Waals surface area contributed by atoms with Gasteiger partial charge < -0.3 is 10.2 Å². The van der Waals surface area contributed by atoms with Gasteiger partial charge in [-0.15, -0.1) is 0 Å². The van der Waals surface area contributed by atoms with Gasteiger partial charge >= 0.3 is 0 Å². The second kappa shape index (κ2) is 10.8. The van der Waals surface area contributed by atoms with E-state index in [0.29, 0.717) is 11.1 Å². The molecule has 0 radical (unpaired) electrons. The minimum atomic E-state index is -1.29. The quantitative estimate of drug-likeness (QED) is 0.535. The average molecular weight is 478 g/mol. The first-order valence-corrected chi connectivity index (χ1v) is 11.8. The summed E-state index contributed by atoms with van der Waals surface area (Å²) in [6.07, 6.45) is 1.87. The maximum absolute atomic E-state index is 14.8. The molecule has 3 aromatic rings. The van der Waals surface area contributed by atoms with Crippen LogP contribution in [0.1, 0.15) is 54.5 Å². The second-order valence-electron chi connectivity index (χ2n) is 9.22. The van der Waals surface area contributed by atoms with E-state index in [1.54, 1.807) is 36.7 Å². The first-order chi connectivity index (χ1) is 16.8. The van der Waals surface area contributed by atoms with Crippen molar-refractivity contribution in [3.8, 4) is 0 Å². The number of carbonyl (C=O) groups is 2. The summed E-state index contributed by atoms with van der Waals surface area (Å²) in [7, 11) is 0. The zero-order valence-electron chi connectivity index (χ0n) is 19.8. The number of rotatable bonds is 7. The van der Waals surface area contributed by atoms with Gasteiger partial charge in [0, 0.05) is 18.8 Å². The summed E-state index contributed by atoms with van der Waals surface area (Å²) in [5.41, 5.74) is 2.68. The van der Waals surface area contributed by atoms with Crippen LogP contribution in [0.4, 0.5) is 8.78 Å². The summed E-state index contributed by atoms with van der Waals surface area (Å²) < 4.78 is 29.2. The Balaban J connectivity index is 1.58. The van der Waals surface area contributed by atoms with E-state index in [1.807, 2.05) is 44.2 Å². The van der Waals surface area contributed by atoms with E-state index >= 15 is 0 Å². The molecule has 2 amide bonds. The third kappa shape index (κ3) is 5.73. The lowest BCUT2D eigenvalue weighted by Gasteiger charge is -2.27. The lowest BCUT2D eigenvalue weighted by molar-refractivity contribution is -0.138. The molecule has 1 aliphatic rings. The number of likely N-dealkylation sites (tertiary alicyclic amines) is 1. The first kappa shape index (κ1) is 24.5. The van der Waals surface area contributed by atoms with Crippen LogP contribution in [-0.4, -0.2) is 40.5 Å². The molecule has 1 fully saturated rings. The highest BCUT2D eigenvalue weighted by Gasteiger charge is 2.40. The Bertz CT molecular complexity index is 1170. The fraction of sp³-hybridized carbons (Fsp3) is 0.321. The molecule has 3 unspecified atom stereocenters. The molecule has 0 saturated carbocycles. The van der Waals surface area contributed by atoms with E-state index < -0.39 is 24.2 Å². The van der Waals surface area contributed by atoms with Gasteiger partial charge in [-0.25, -0.2) is 8.78 Å². The molecule has 5 nitrogen and oxygen atoms in total. The summed E-state index contributed by atoms with van der Waals surface area (Å²) >= 11 is 0. The Hall–Kier alpha value is -3.61. The smallest absolute Gasteiger partial charge is 0.243 e. The van der Waals surface area contributed by atoms with Crippen molar-refractivity contribution in [2.45, 2.75) is 50.9 Å². The monoisotopic (exact) mass is 477 g/mol. The topological polar surface area (TPSA) is 62.3 Å². The normalized spacial score (nSPS) is 18.5. The number of hydrogen-bond acceptors (Lipinski definition) is 3. The lowest BCUT2D eigenvalue weighted by Crippen LogP contribution is -2.47. The van der Waals surface area contributed by atoms with Crippen molar-refractivity contribution in [3.63, 3.8) is 0 Å². The molecule has 182 valence electrons. The van der Waals surface area contributed by atoms with Crippen LogP contribution < -0.4 is 5.32 Å². The molecule has 1 saturated heterocycles. The SMILES string of the molecule is CC(C)c1ccc(C(NC(=O)C2CC(F)CN2C(=O)Cc2ccncc2)c2ccccc2)cc1F. The second-order valence-corrected chi connectivity index (χ2v) is 9.22. The molecule has 3 atom stereocenters. The van der Waals surface area contributed by atoms with Crippen LogP contribution in [0.5, 0.6) is 0 Å². The van der Waals surface area contributed by atoms with Gasteiger partial charge in [-0.2, -0.15) is 0 Å². The molecule has 1 aromatic heterocycles. The van der Waals surface area contributed by atoms with Crippen LogP contribution in [0.3, 0.4) is 0 Å². The van der Waals surface area contributed by atoms with Gasteiger partial charge in [0.15, 0.2) is 0 Å². The Morgan fingerprint density at radius 2 is 1.77 bits per heavy atom. The Morgan fingerprint density at radius 1 is 1.06 bits per heavy atom. The van der Waals surface area contributed by atoms with Gasteiger partial charge in [0.2, 0.25) is 11.8 Å². The molecule has 0 bridgehead atoms. The Labute approximate surface area is 204 Å². The van der Waals surface area contributed by atoms with E-state index in [0.717, 1.165) is 11.1 Å². The predicted molar refractivity (Wildman–Crippen MR) is 130 cm³/mol. The maximum Gasteiger partial charge on any atom is 0.243 e. The van der Waals surface area contributed by atoms with Gasteiger partial charge in [0.1, 0.15) is 18.0 Å². The van der Waals surface area contributed by atoms with Crippen molar-refractivity contribution >= 4 is 11.8 Å². The number of alkyl halides is 1. The Kier molecular flexibility index (Phi) is 7.54. The number of hydrogen-bond donors (Lipinski definition) is 1. The van der Waals surface area contributed by atoms with Crippen molar-refractivity contribution in [2.24, 2.45) is 0 Å². The summed E-state index contributed by atoms with van der Waals surface area (Å²) in [5, 5.41) is 2.96. The fourth-order valence-corrected chi connectivity index (χ4v) is 4.52. The molecule has 35 heavy (non-hydrogen) atoms. The van der Waals surface area contributed by atoms with Crippen LogP contribution in [0.15, 0.2) is 73.1 Å². The highest BCUT2D eigenvalue weighted by molar-refractivity contribution is 5.89. The number of nitrogens with zero attached hydrogens (tertiary/aromatic N) is 2. The van der Waals surface area contributed by atoms with Crippen molar-refractivity contribution in [2.75, 3.05) is 6.54 Å². The van der Waals surface area contributed by atoms with Crippen LogP contribution >= 0.6 is 0 Å². The van der Waals surface area contributed by atoms with E-state index in [1.165, 1.54) is 11.0 Å². The zero-order valence-corrected chi connectivity index (χ0v) is 19.8. The van der Waals surface area contributed by atoms with Gasteiger partial charge in [-0.05, 0) is 46.4 Å². The minimum absolute atomic E-state index is 0.0220. The van der Waals surface area contributed by atoms with E-state index in [2.05, 4.69) is 10.3 Å². The van der Waals surface area contributed by atoms with E-state index in [4.69, 9.17) is 0 Å². The average Bonchev–Trinajstić information content (AvgIpc) is 3.25. The molecule has 2 heterocycles. The molecule has 2 aromatic carbocycles. The van der Waals surface area contributed by atoms with Crippen LogP contribution in [0.25, 0.3) is 0 Å². The van der Waals surface area contributed by atoms with Gasteiger partial charge in [0.25, 0.3) is 0 Å². The third-order valence-corrected chi connectivity index (χ3v) is 6.38. The van der Waals surface area contributed by atoms with Gasteiger partial charge in [-0.1, -0.05) is 56.3 Å². The Morgan fingerprint density at radius 3 is 2.43 bits per heavy atom. The largest absolute Gasteiger partial charge is 0.343 e. The molecule has 4 rings (SSSR count). The van der Waals surface area contributed by atoms with Gasteiger partial charge in [0.05, 0.1) is 19.0 Å². The fourth-order valence-electron chi connectivity index (χ4n) is 4.52. The molecule has 0 spiro atoms. The third-order valence-electron chi connectivity index (χ3n) is 6.38. The highest BCUT2D eigenvalue weighted by atomic mass is 19.1. The van der Waals surface area contributed by atoms with Crippen LogP contribution in [-0.2, 0) is 16.0 Å². The summed E-state index contributed by atoms with van der Waals surface area (Å²) in [6, 6.07) is 16.0. The molecule has 1 N–H and O–H groups in total. The lowest BCUT2D eigenvalue weighted by atomic mass is 9.94. The van der Waals surface area contributed by atoms with E-state index in [-0.39, 0.29) is 37.0 Å². The minimum Gasteiger partial charge on any atom is -0.343 e. The molecule has 0 aliphatic carbocycles. The maximum atomic E-state index is 14.8. The first-order valence-electron chi connectivity index (χ1n) is 11.8. The van der Waals surface area contributed by atoms with Crippen LogP contribution in [0.2, 0.25) is 0 Å². The van der Waals surface area contributed by atoms with Crippen LogP contribution in [0, 0.1) is 5.82 Å². The zero-order chi connectivity index (χ0) is 24.9. The number of aromatic nitrogens is 1. The highest BCUT2D eigenvalue weighted by Crippen LogP contribution is 2.28. The predicted octanol–water partition coefficient (Wildman–Crippen LogP) is 4.73. The number of carbonyl (C=O) groups excluding carboxylic acids is 2. The van der Waals surface area contributed by atoms with Gasteiger partial charge in [-0.3, -0.25) is 14.6 Å². The standard InChI is InChI=1S/C28H29F2N3O2/c1-18(2)23-9-8-21(15-24(23)30)27(20-6-4-3-5-7-20)32-28(35)25-16-22(29)17-33(25)26(34)14-19-10-12-31-13-11-19/h3-13,15,18,22,25,27H,14,16-17H2,1-2H3,(H,32,35). The number of benzene rings is 2. The summed E-state index contributed by atoms with van der Waals surface area (Å²) in [5.74, 6) is -1.10. The van der Waals surface area contributed by atoms with Crippen molar-refractivity contribution in [1.82, 2.24) is 15.2 Å². The van der Waals surface area contributed by atoms with Crippen molar-refractivity contribution in [3.05, 3.63) is 101 Å². The van der Waals surface area contributed by atoms with Crippen molar-refractivity contribution < 1.29 is 18.4 Å². The number of amides is 2. The molecular weight excluding hydrogens is 448 g/mol. The number of halogens is 2.